The third kappa shape index (κ3) is 4.90. The quantitative estimate of drug-likeness (QED) is 0.686. The van der Waals surface area contributed by atoms with E-state index in [2.05, 4.69) is 15.2 Å². The third-order valence-corrected chi connectivity index (χ3v) is 2.87. The summed E-state index contributed by atoms with van der Waals surface area (Å²) in [5.74, 6) is 0.963. The molecule has 7 nitrogen and oxygen atoms in total. The molecule has 0 unspecified atom stereocenters. The van der Waals surface area contributed by atoms with Crippen molar-refractivity contribution < 1.29 is 14.3 Å². The molecule has 1 heterocycles. The summed E-state index contributed by atoms with van der Waals surface area (Å²) in [4.78, 5) is 18.3. The Hall–Kier alpha value is -1.47. The van der Waals surface area contributed by atoms with Crippen molar-refractivity contribution in [2.45, 2.75) is 26.2 Å². The van der Waals surface area contributed by atoms with Gasteiger partial charge in [-0.3, -0.25) is 9.89 Å². The Labute approximate surface area is 119 Å². The molecule has 1 aromatic heterocycles. The van der Waals surface area contributed by atoms with E-state index in [0.29, 0.717) is 26.3 Å². The maximum Gasteiger partial charge on any atom is 0.293 e. The summed E-state index contributed by atoms with van der Waals surface area (Å²) in [6.07, 6.45) is 0.771. The first-order valence-electron chi connectivity index (χ1n) is 6.79. The first kappa shape index (κ1) is 16.6. The predicted molar refractivity (Wildman–Crippen MR) is 74.7 cm³/mol. The van der Waals surface area contributed by atoms with Gasteiger partial charge in [-0.25, -0.2) is 4.98 Å². The van der Waals surface area contributed by atoms with Crippen LogP contribution in [0.1, 0.15) is 42.6 Å². The number of ether oxygens (including phenoxy) is 2. The van der Waals surface area contributed by atoms with E-state index >= 15 is 0 Å². The van der Waals surface area contributed by atoms with Gasteiger partial charge in [-0.2, -0.15) is 0 Å². The molecule has 0 radical (unpaired) electrons. The largest absolute Gasteiger partial charge is 0.385 e. The molecule has 1 N–H and O–H groups in total. The summed E-state index contributed by atoms with van der Waals surface area (Å²) in [7, 11) is 3.26. The van der Waals surface area contributed by atoms with Crippen LogP contribution in [0.15, 0.2) is 0 Å². The molecule has 0 aromatic carbocycles. The van der Waals surface area contributed by atoms with E-state index in [9.17, 15) is 4.79 Å². The number of H-pyrrole nitrogens is 1. The molecule has 0 spiro atoms. The van der Waals surface area contributed by atoms with Crippen LogP contribution in [0.5, 0.6) is 0 Å². The fourth-order valence-electron chi connectivity index (χ4n) is 1.69. The molecule has 0 aliphatic carbocycles. The molecule has 0 fully saturated rings. The first-order chi connectivity index (χ1) is 9.60. The van der Waals surface area contributed by atoms with Gasteiger partial charge in [0.15, 0.2) is 0 Å². The van der Waals surface area contributed by atoms with Crippen molar-refractivity contribution in [1.82, 2.24) is 20.1 Å². The van der Waals surface area contributed by atoms with Crippen molar-refractivity contribution in [2.24, 2.45) is 0 Å². The van der Waals surface area contributed by atoms with Gasteiger partial charge in [0.1, 0.15) is 5.82 Å². The highest BCUT2D eigenvalue weighted by Crippen LogP contribution is 2.09. The molecule has 0 saturated heterocycles. The summed E-state index contributed by atoms with van der Waals surface area (Å²) >= 11 is 0. The van der Waals surface area contributed by atoms with Gasteiger partial charge in [0.25, 0.3) is 5.91 Å². The van der Waals surface area contributed by atoms with E-state index in [1.807, 2.05) is 13.8 Å². The number of hydrogen-bond donors (Lipinski definition) is 1. The van der Waals surface area contributed by atoms with E-state index in [0.717, 1.165) is 12.2 Å². The fraction of sp³-hybridized carbons (Fsp3) is 0.769. The molecular formula is C13H24N4O3. The molecular weight excluding hydrogens is 260 g/mol. The Balaban J connectivity index is 2.68. The van der Waals surface area contributed by atoms with Crippen molar-refractivity contribution >= 4 is 5.91 Å². The molecule has 1 aromatic rings. The average Bonchev–Trinajstić information content (AvgIpc) is 2.92. The highest BCUT2D eigenvalue weighted by molar-refractivity contribution is 5.90. The number of aromatic amines is 1. The number of nitrogens with zero attached hydrogens (tertiary/aromatic N) is 3. The minimum atomic E-state index is -0.179. The van der Waals surface area contributed by atoms with E-state index in [1.165, 1.54) is 0 Å². The van der Waals surface area contributed by atoms with Gasteiger partial charge in [-0.05, 0) is 6.42 Å². The van der Waals surface area contributed by atoms with E-state index in [1.54, 1.807) is 19.1 Å². The van der Waals surface area contributed by atoms with Crippen molar-refractivity contribution in [1.29, 1.82) is 0 Å². The molecule has 7 heteroatoms. The van der Waals surface area contributed by atoms with Gasteiger partial charge in [0.2, 0.25) is 5.82 Å². The van der Waals surface area contributed by atoms with Gasteiger partial charge in [-0.1, -0.05) is 13.8 Å². The molecule has 0 bridgehead atoms. The second-order valence-electron chi connectivity index (χ2n) is 4.83. The van der Waals surface area contributed by atoms with Crippen LogP contribution in [0.2, 0.25) is 0 Å². The Morgan fingerprint density at radius 3 is 2.50 bits per heavy atom. The molecule has 114 valence electrons. The molecule has 0 aliphatic rings. The Kier molecular flexibility index (Phi) is 7.17. The van der Waals surface area contributed by atoms with Crippen molar-refractivity contribution in [2.75, 3.05) is 40.5 Å². The van der Waals surface area contributed by atoms with Gasteiger partial charge in [0.05, 0.1) is 6.61 Å². The van der Waals surface area contributed by atoms with Gasteiger partial charge in [-0.15, -0.1) is 5.10 Å². The molecule has 0 saturated carbocycles. The zero-order chi connectivity index (χ0) is 15.0. The Bertz CT molecular complexity index is 406. The van der Waals surface area contributed by atoms with Crippen LogP contribution in [0, 0.1) is 0 Å². The molecule has 1 amide bonds. The van der Waals surface area contributed by atoms with Gasteiger partial charge < -0.3 is 14.4 Å². The fourth-order valence-corrected chi connectivity index (χ4v) is 1.69. The monoisotopic (exact) mass is 284 g/mol. The van der Waals surface area contributed by atoms with Crippen LogP contribution in [-0.4, -0.2) is 66.5 Å². The normalized spacial score (nSPS) is 11.1. The topological polar surface area (TPSA) is 80.3 Å². The average molecular weight is 284 g/mol. The SMILES string of the molecule is COCCCN(CCOC)C(=O)c1n[nH]c(C(C)C)n1. The minimum absolute atomic E-state index is 0.179. The lowest BCUT2D eigenvalue weighted by atomic mass is 10.2. The highest BCUT2D eigenvalue weighted by Gasteiger charge is 2.20. The van der Waals surface area contributed by atoms with Crippen molar-refractivity contribution in [3.63, 3.8) is 0 Å². The van der Waals surface area contributed by atoms with Crippen LogP contribution >= 0.6 is 0 Å². The second kappa shape index (κ2) is 8.65. The predicted octanol–water partition coefficient (Wildman–Crippen LogP) is 1.05. The standard InChI is InChI=1S/C13H24N4O3/c1-10(2)11-14-12(16-15-11)13(18)17(7-9-20-4)6-5-8-19-3/h10H,5-9H2,1-4H3,(H,14,15,16). The number of hydrogen-bond acceptors (Lipinski definition) is 5. The summed E-state index contributed by atoms with van der Waals surface area (Å²) in [6, 6.07) is 0. The zero-order valence-electron chi connectivity index (χ0n) is 12.7. The third-order valence-electron chi connectivity index (χ3n) is 2.87. The highest BCUT2D eigenvalue weighted by atomic mass is 16.5. The number of carbonyl (C=O) groups is 1. The number of nitrogens with one attached hydrogen (secondary N) is 1. The maximum absolute atomic E-state index is 12.4. The summed E-state index contributed by atoms with van der Waals surface area (Å²) in [6.45, 7) is 6.21. The summed E-state index contributed by atoms with van der Waals surface area (Å²) in [5, 5.41) is 6.79. The lowest BCUT2D eigenvalue weighted by Gasteiger charge is -2.20. The lowest BCUT2D eigenvalue weighted by molar-refractivity contribution is 0.0662. The lowest BCUT2D eigenvalue weighted by Crippen LogP contribution is -2.36. The summed E-state index contributed by atoms with van der Waals surface area (Å²) < 4.78 is 10.0. The molecule has 1 rings (SSSR count). The molecule has 0 aliphatic heterocycles. The first-order valence-corrected chi connectivity index (χ1v) is 6.79. The second-order valence-corrected chi connectivity index (χ2v) is 4.83. The zero-order valence-corrected chi connectivity index (χ0v) is 12.7. The van der Waals surface area contributed by atoms with Crippen molar-refractivity contribution in [3.8, 4) is 0 Å². The van der Waals surface area contributed by atoms with Crippen LogP contribution in [-0.2, 0) is 9.47 Å². The number of rotatable bonds is 9. The van der Waals surface area contributed by atoms with E-state index < -0.39 is 0 Å². The molecule has 0 atom stereocenters. The van der Waals surface area contributed by atoms with Crippen LogP contribution in [0.3, 0.4) is 0 Å². The molecule has 20 heavy (non-hydrogen) atoms. The van der Waals surface area contributed by atoms with Crippen LogP contribution < -0.4 is 0 Å². The van der Waals surface area contributed by atoms with E-state index in [4.69, 9.17) is 9.47 Å². The van der Waals surface area contributed by atoms with Crippen LogP contribution in [0.4, 0.5) is 0 Å². The Morgan fingerprint density at radius 2 is 1.95 bits per heavy atom. The van der Waals surface area contributed by atoms with Gasteiger partial charge >= 0.3 is 0 Å². The Morgan fingerprint density at radius 1 is 1.25 bits per heavy atom. The maximum atomic E-state index is 12.4. The summed E-state index contributed by atoms with van der Waals surface area (Å²) in [5.41, 5.74) is 0. The number of carbonyl (C=O) groups excluding carboxylic acids is 1. The number of methoxy groups -OCH3 is 2. The van der Waals surface area contributed by atoms with Crippen LogP contribution in [0.25, 0.3) is 0 Å². The smallest absolute Gasteiger partial charge is 0.293 e. The van der Waals surface area contributed by atoms with Gasteiger partial charge in [0, 0.05) is 39.8 Å². The van der Waals surface area contributed by atoms with E-state index in [-0.39, 0.29) is 17.6 Å². The minimum Gasteiger partial charge on any atom is -0.385 e. The van der Waals surface area contributed by atoms with Crippen molar-refractivity contribution in [3.05, 3.63) is 11.6 Å². The number of amides is 1. The number of aromatic nitrogens is 3.